The summed E-state index contributed by atoms with van der Waals surface area (Å²) in [7, 11) is 0. The number of hydrazine groups is 1. The van der Waals surface area contributed by atoms with Gasteiger partial charge in [-0.15, -0.1) is 0 Å². The predicted octanol–water partition coefficient (Wildman–Crippen LogP) is 3.72. The lowest BCUT2D eigenvalue weighted by Crippen LogP contribution is -2.40. The van der Waals surface area contributed by atoms with Gasteiger partial charge in [-0.1, -0.05) is 61.9 Å². The van der Waals surface area contributed by atoms with Crippen LogP contribution in [0.4, 0.5) is 5.69 Å². The van der Waals surface area contributed by atoms with Gasteiger partial charge in [-0.2, -0.15) is 5.10 Å². The number of carbonyl (C=O) groups excluding carboxylic acids is 2. The summed E-state index contributed by atoms with van der Waals surface area (Å²) in [6, 6.07) is 15.5. The van der Waals surface area contributed by atoms with Gasteiger partial charge in [0, 0.05) is 26.4 Å². The second-order valence-electron chi connectivity index (χ2n) is 9.30. The first-order valence-corrected chi connectivity index (χ1v) is 14.2. The van der Waals surface area contributed by atoms with E-state index in [1.807, 2.05) is 76.2 Å². The highest BCUT2D eigenvalue weighted by Crippen LogP contribution is 2.33. The smallest absolute Gasteiger partial charge is 0.270 e. The van der Waals surface area contributed by atoms with Crippen molar-refractivity contribution in [2.75, 3.05) is 18.1 Å². The third kappa shape index (κ3) is 9.48. The van der Waals surface area contributed by atoms with Crippen molar-refractivity contribution < 1.29 is 14.3 Å². The van der Waals surface area contributed by atoms with Crippen molar-refractivity contribution in [3.63, 3.8) is 0 Å². The van der Waals surface area contributed by atoms with Crippen LogP contribution >= 0.6 is 0 Å². The van der Waals surface area contributed by atoms with Crippen LogP contribution in [0.1, 0.15) is 45.7 Å². The number of nitrogens with zero attached hydrogens (tertiary/aromatic N) is 4. The Morgan fingerprint density at radius 1 is 1.16 bits per heavy atom. The second kappa shape index (κ2) is 17.8. The van der Waals surface area contributed by atoms with Gasteiger partial charge >= 0.3 is 0 Å². The van der Waals surface area contributed by atoms with E-state index in [0.717, 1.165) is 17.7 Å². The third-order valence-corrected chi connectivity index (χ3v) is 6.33. The first-order chi connectivity index (χ1) is 21.2. The number of nitrogens with one attached hydrogen (secondary N) is 3. The summed E-state index contributed by atoms with van der Waals surface area (Å²) in [5.74, 6) is 5.24. The van der Waals surface area contributed by atoms with Crippen molar-refractivity contribution in [1.29, 1.82) is 5.41 Å². The van der Waals surface area contributed by atoms with Crippen molar-refractivity contribution in [3.05, 3.63) is 95.0 Å². The van der Waals surface area contributed by atoms with Crippen molar-refractivity contribution >= 4 is 35.8 Å². The molecule has 2 aromatic rings. The normalized spacial score (nSPS) is 14.9. The molecule has 12 heteroatoms. The lowest BCUT2D eigenvalue weighted by molar-refractivity contribution is -0.121. The van der Waals surface area contributed by atoms with Crippen LogP contribution < -0.4 is 32.0 Å². The number of anilines is 1. The van der Waals surface area contributed by atoms with Crippen molar-refractivity contribution in [3.8, 4) is 5.75 Å². The Morgan fingerprint density at radius 3 is 2.45 bits per heavy atom. The summed E-state index contributed by atoms with van der Waals surface area (Å²) < 4.78 is 5.55. The molecule has 2 aliphatic rings. The number of ether oxygens (including phenoxy) is 1. The van der Waals surface area contributed by atoms with Crippen LogP contribution in [-0.2, 0) is 22.7 Å². The molecule has 0 spiro atoms. The lowest BCUT2D eigenvalue weighted by Gasteiger charge is -2.30. The molecule has 44 heavy (non-hydrogen) atoms. The number of nitrogens with two attached hydrogens (primary N) is 2. The number of carbonyl (C=O) groups is 2. The van der Waals surface area contributed by atoms with Gasteiger partial charge in [0.05, 0.1) is 5.69 Å². The Bertz CT molecular complexity index is 1450. The summed E-state index contributed by atoms with van der Waals surface area (Å²) in [6.07, 6.45) is 4.99. The summed E-state index contributed by atoms with van der Waals surface area (Å²) in [4.78, 5) is 31.2. The molecule has 12 nitrogen and oxygen atoms in total. The van der Waals surface area contributed by atoms with Gasteiger partial charge in [-0.25, -0.2) is 10.0 Å². The summed E-state index contributed by atoms with van der Waals surface area (Å²) in [5.41, 5.74) is 12.2. The van der Waals surface area contributed by atoms with Crippen molar-refractivity contribution in [2.24, 2.45) is 21.7 Å². The SMILES string of the molecule is C=NN1C(C(=N)N)=CC(C(=O)NCc2ccc3c(c2)N(C/C(C)=C/C)C(=O)CO3)=N/C1=C/C.CC.NNCc1ccccc1. The van der Waals surface area contributed by atoms with Crippen LogP contribution in [0.3, 0.4) is 0 Å². The minimum Gasteiger partial charge on any atom is -0.482 e. The molecule has 0 fully saturated rings. The fourth-order valence-electron chi connectivity index (χ4n) is 4.02. The molecule has 4 rings (SSSR count). The van der Waals surface area contributed by atoms with Crippen molar-refractivity contribution in [1.82, 2.24) is 15.8 Å². The number of allylic oxidation sites excluding steroid dienone is 2. The average Bonchev–Trinajstić information content (AvgIpc) is 3.05. The zero-order valence-electron chi connectivity index (χ0n) is 26.1. The van der Waals surface area contributed by atoms with Crippen molar-refractivity contribution in [2.45, 2.75) is 47.7 Å². The number of amides is 2. The van der Waals surface area contributed by atoms with Gasteiger partial charge < -0.3 is 20.7 Å². The molecule has 2 aromatic carbocycles. The molecule has 0 aromatic heterocycles. The molecule has 0 bridgehead atoms. The molecule has 0 saturated heterocycles. The predicted molar refractivity (Wildman–Crippen MR) is 177 cm³/mol. The van der Waals surface area contributed by atoms with E-state index >= 15 is 0 Å². The molecule has 2 aliphatic heterocycles. The number of rotatable bonds is 9. The molecule has 2 amide bonds. The topological polar surface area (TPSA) is 175 Å². The van der Waals surface area contributed by atoms with Crippen LogP contribution in [-0.4, -0.2) is 48.2 Å². The minimum absolute atomic E-state index is 0.00538. The Morgan fingerprint density at radius 2 is 1.86 bits per heavy atom. The Balaban J connectivity index is 0.000000519. The van der Waals surface area contributed by atoms with Gasteiger partial charge in [0.1, 0.15) is 23.0 Å². The largest absolute Gasteiger partial charge is 0.482 e. The fourth-order valence-corrected chi connectivity index (χ4v) is 4.02. The summed E-state index contributed by atoms with van der Waals surface area (Å²) >= 11 is 0. The molecule has 0 radical (unpaired) electrons. The van der Waals surface area contributed by atoms with E-state index in [1.165, 1.54) is 16.6 Å². The summed E-state index contributed by atoms with van der Waals surface area (Å²) in [6.45, 7) is 14.5. The fraction of sp³-hybridized carbons (Fsp3) is 0.281. The number of hydrogen-bond donors (Lipinski definition) is 5. The number of aliphatic imine (C=N–C) groups is 1. The highest BCUT2D eigenvalue weighted by molar-refractivity contribution is 6.44. The molecular formula is C32H43N9O3. The standard InChI is InChI=1S/C23H27N7O3.C7H10N2.C2H6/c1-5-14(3)12-29-17-9-15(7-8-19(17)33-13-21(29)31)11-27-23(32)16-10-18(22(24)25)30(26-4)20(6-2)28-16;8-9-6-7-4-2-1-3-5-7;1-2/h5-10H,4,11-13H2,1-3H3,(H3,24,25)(H,27,32);1-5,9H,6,8H2;1-2H3/b14-5+,20-6-;;. The van der Waals surface area contributed by atoms with Crippen LogP contribution in [0, 0.1) is 5.41 Å². The van der Waals surface area contributed by atoms with Crippen LogP contribution in [0.25, 0.3) is 0 Å². The molecule has 0 saturated carbocycles. The zero-order chi connectivity index (χ0) is 32.6. The van der Waals surface area contributed by atoms with E-state index < -0.39 is 5.91 Å². The molecule has 0 atom stereocenters. The van der Waals surface area contributed by atoms with Crippen LogP contribution in [0.5, 0.6) is 5.75 Å². The Kier molecular flexibility index (Phi) is 14.2. The number of amidine groups is 1. The first-order valence-electron chi connectivity index (χ1n) is 14.2. The van der Waals surface area contributed by atoms with Gasteiger partial charge in [-0.05, 0) is 56.2 Å². The van der Waals surface area contributed by atoms with E-state index in [-0.39, 0.29) is 36.3 Å². The maximum Gasteiger partial charge on any atom is 0.270 e. The lowest BCUT2D eigenvalue weighted by atomic mass is 10.1. The molecular weight excluding hydrogens is 558 g/mol. The first kappa shape index (κ1) is 35.1. The quantitative estimate of drug-likeness (QED) is 0.0957. The van der Waals surface area contributed by atoms with Crippen LogP contribution in [0.2, 0.25) is 0 Å². The van der Waals surface area contributed by atoms with E-state index in [9.17, 15) is 9.59 Å². The molecule has 0 unspecified atom stereocenters. The molecule has 7 N–H and O–H groups in total. The van der Waals surface area contributed by atoms with Gasteiger partial charge in [0.2, 0.25) is 0 Å². The van der Waals surface area contributed by atoms with E-state index in [2.05, 4.69) is 27.6 Å². The van der Waals surface area contributed by atoms with E-state index in [4.69, 9.17) is 21.7 Å². The highest BCUT2D eigenvalue weighted by Gasteiger charge is 2.27. The molecule has 234 valence electrons. The molecule has 0 aliphatic carbocycles. The zero-order valence-corrected chi connectivity index (χ0v) is 26.1. The number of hydrazone groups is 1. The average molecular weight is 602 g/mol. The van der Waals surface area contributed by atoms with E-state index in [0.29, 0.717) is 23.8 Å². The maximum atomic E-state index is 12.8. The molecule has 2 heterocycles. The third-order valence-electron chi connectivity index (χ3n) is 6.33. The monoisotopic (exact) mass is 601 g/mol. The highest BCUT2D eigenvalue weighted by atomic mass is 16.5. The van der Waals surface area contributed by atoms with Crippen LogP contribution in [0.15, 0.2) is 93.9 Å². The maximum absolute atomic E-state index is 12.8. The minimum atomic E-state index is -0.441. The number of benzene rings is 2. The van der Waals surface area contributed by atoms with Gasteiger partial charge in [0.15, 0.2) is 12.4 Å². The Labute approximate surface area is 259 Å². The van der Waals surface area contributed by atoms with Gasteiger partial charge in [-0.3, -0.25) is 26.3 Å². The van der Waals surface area contributed by atoms with E-state index in [1.54, 1.807) is 24.0 Å². The number of fused-ring (bicyclic) bond motifs is 1. The van der Waals surface area contributed by atoms with Gasteiger partial charge in [0.25, 0.3) is 11.8 Å². The number of hydrogen-bond acceptors (Lipinski definition) is 9. The Hall–Kier alpha value is -5.07. The summed E-state index contributed by atoms with van der Waals surface area (Å²) in [5, 5.41) is 15.7. The second-order valence-corrected chi connectivity index (χ2v) is 9.30.